The standard InChI is InChI=1S/C12H19N3O4/c1-7-10(13-11(18)19-12(3,4)5)8(2)15(14-7)6-9(16)17/h6H2,1-5H3,(H,13,18)(H,16,17). The maximum absolute atomic E-state index is 11.7. The number of nitrogens with one attached hydrogen (secondary N) is 1. The first-order chi connectivity index (χ1) is 8.60. The molecular weight excluding hydrogens is 250 g/mol. The average molecular weight is 269 g/mol. The number of anilines is 1. The summed E-state index contributed by atoms with van der Waals surface area (Å²) in [5, 5.41) is 15.4. The first kappa shape index (κ1) is 15.0. The Labute approximate surface area is 111 Å². The number of carboxylic acids is 1. The third-order valence-corrected chi connectivity index (χ3v) is 2.29. The van der Waals surface area contributed by atoms with E-state index >= 15 is 0 Å². The van der Waals surface area contributed by atoms with Gasteiger partial charge in [0.2, 0.25) is 0 Å². The minimum Gasteiger partial charge on any atom is -0.480 e. The van der Waals surface area contributed by atoms with Crippen molar-refractivity contribution >= 4 is 17.7 Å². The van der Waals surface area contributed by atoms with E-state index in [9.17, 15) is 9.59 Å². The number of aryl methyl sites for hydroxylation is 1. The molecular formula is C12H19N3O4. The zero-order chi connectivity index (χ0) is 14.8. The van der Waals surface area contributed by atoms with Gasteiger partial charge in [-0.2, -0.15) is 5.10 Å². The van der Waals surface area contributed by atoms with Gasteiger partial charge in [0.1, 0.15) is 12.1 Å². The smallest absolute Gasteiger partial charge is 0.412 e. The summed E-state index contributed by atoms with van der Waals surface area (Å²) in [5.74, 6) is -0.991. The van der Waals surface area contributed by atoms with Gasteiger partial charge in [0.05, 0.1) is 17.1 Å². The number of nitrogens with zero attached hydrogens (tertiary/aromatic N) is 2. The fourth-order valence-electron chi connectivity index (χ4n) is 1.57. The summed E-state index contributed by atoms with van der Waals surface area (Å²) in [4.78, 5) is 22.4. The van der Waals surface area contributed by atoms with Crippen LogP contribution < -0.4 is 5.32 Å². The normalized spacial score (nSPS) is 11.2. The van der Waals surface area contributed by atoms with Gasteiger partial charge in [-0.3, -0.25) is 14.8 Å². The average Bonchev–Trinajstić information content (AvgIpc) is 2.42. The van der Waals surface area contributed by atoms with Crippen molar-refractivity contribution in [2.24, 2.45) is 0 Å². The quantitative estimate of drug-likeness (QED) is 0.874. The van der Waals surface area contributed by atoms with Crippen molar-refractivity contribution in [2.75, 3.05) is 5.32 Å². The van der Waals surface area contributed by atoms with Gasteiger partial charge in [-0.1, -0.05) is 0 Å². The largest absolute Gasteiger partial charge is 0.480 e. The minimum atomic E-state index is -0.991. The fourth-order valence-corrected chi connectivity index (χ4v) is 1.57. The van der Waals surface area contributed by atoms with Crippen molar-refractivity contribution in [3.05, 3.63) is 11.4 Å². The molecule has 0 unspecified atom stereocenters. The van der Waals surface area contributed by atoms with Crippen LogP contribution in [0.4, 0.5) is 10.5 Å². The van der Waals surface area contributed by atoms with Crippen molar-refractivity contribution in [3.8, 4) is 0 Å². The van der Waals surface area contributed by atoms with E-state index in [1.807, 2.05) is 0 Å². The lowest BCUT2D eigenvalue weighted by Crippen LogP contribution is -2.27. The molecule has 0 aliphatic carbocycles. The molecule has 7 heteroatoms. The molecule has 0 aromatic carbocycles. The Kier molecular flexibility index (Phi) is 4.18. The van der Waals surface area contributed by atoms with Crippen LogP contribution in [-0.4, -0.2) is 32.6 Å². The zero-order valence-corrected chi connectivity index (χ0v) is 11.8. The van der Waals surface area contributed by atoms with Crippen molar-refractivity contribution in [1.82, 2.24) is 9.78 Å². The second-order valence-corrected chi connectivity index (χ2v) is 5.22. The summed E-state index contributed by atoms with van der Waals surface area (Å²) in [6.07, 6.45) is -0.589. The van der Waals surface area contributed by atoms with E-state index < -0.39 is 17.7 Å². The van der Waals surface area contributed by atoms with E-state index in [-0.39, 0.29) is 6.54 Å². The summed E-state index contributed by atoms with van der Waals surface area (Å²) in [7, 11) is 0. The lowest BCUT2D eigenvalue weighted by atomic mass is 10.2. The molecule has 0 aliphatic rings. The molecule has 2 N–H and O–H groups in total. The summed E-state index contributed by atoms with van der Waals surface area (Å²) < 4.78 is 6.46. The van der Waals surface area contributed by atoms with Gasteiger partial charge in [-0.25, -0.2) is 4.79 Å². The van der Waals surface area contributed by atoms with Crippen molar-refractivity contribution in [1.29, 1.82) is 0 Å². The van der Waals surface area contributed by atoms with Gasteiger partial charge in [-0.15, -0.1) is 0 Å². The number of aromatic nitrogens is 2. The Morgan fingerprint density at radius 2 is 1.95 bits per heavy atom. The van der Waals surface area contributed by atoms with Crippen LogP contribution in [-0.2, 0) is 16.1 Å². The maximum atomic E-state index is 11.7. The highest BCUT2D eigenvalue weighted by molar-refractivity contribution is 5.86. The van der Waals surface area contributed by atoms with Crippen LogP contribution in [0.5, 0.6) is 0 Å². The summed E-state index contributed by atoms with van der Waals surface area (Å²) in [6.45, 7) is 8.43. The number of carbonyl (C=O) groups is 2. The molecule has 0 fully saturated rings. The van der Waals surface area contributed by atoms with E-state index in [1.165, 1.54) is 4.68 Å². The molecule has 0 bridgehead atoms. The van der Waals surface area contributed by atoms with Gasteiger partial charge < -0.3 is 9.84 Å². The van der Waals surface area contributed by atoms with Crippen LogP contribution in [0.3, 0.4) is 0 Å². The lowest BCUT2D eigenvalue weighted by molar-refractivity contribution is -0.137. The molecule has 0 aliphatic heterocycles. The first-order valence-electron chi connectivity index (χ1n) is 5.86. The second kappa shape index (κ2) is 5.29. The van der Waals surface area contributed by atoms with Crippen molar-refractivity contribution < 1.29 is 19.4 Å². The molecule has 7 nitrogen and oxygen atoms in total. The maximum Gasteiger partial charge on any atom is 0.412 e. The number of rotatable bonds is 3. The van der Waals surface area contributed by atoms with Crippen LogP contribution in [0.2, 0.25) is 0 Å². The highest BCUT2D eigenvalue weighted by Crippen LogP contribution is 2.20. The highest BCUT2D eigenvalue weighted by Gasteiger charge is 2.20. The lowest BCUT2D eigenvalue weighted by Gasteiger charge is -2.19. The first-order valence-corrected chi connectivity index (χ1v) is 5.86. The molecule has 0 saturated carbocycles. The number of hydrogen-bond acceptors (Lipinski definition) is 4. The van der Waals surface area contributed by atoms with Crippen LogP contribution in [0, 0.1) is 13.8 Å². The van der Waals surface area contributed by atoms with Gasteiger partial charge in [0.25, 0.3) is 0 Å². The zero-order valence-electron chi connectivity index (χ0n) is 11.8. The number of ether oxygens (including phenoxy) is 1. The molecule has 0 saturated heterocycles. The van der Waals surface area contributed by atoms with Gasteiger partial charge in [-0.05, 0) is 34.6 Å². The molecule has 0 atom stereocenters. The van der Waals surface area contributed by atoms with Crippen molar-refractivity contribution in [3.63, 3.8) is 0 Å². The molecule has 0 radical (unpaired) electrons. The van der Waals surface area contributed by atoms with E-state index in [1.54, 1.807) is 34.6 Å². The number of carboxylic acid groups (broad SMARTS) is 1. The Bertz CT molecular complexity index is 500. The Morgan fingerprint density at radius 1 is 1.37 bits per heavy atom. The fraction of sp³-hybridized carbons (Fsp3) is 0.583. The molecule has 19 heavy (non-hydrogen) atoms. The number of aliphatic carboxylic acids is 1. The molecule has 1 aromatic rings. The van der Waals surface area contributed by atoms with Gasteiger partial charge >= 0.3 is 12.1 Å². The van der Waals surface area contributed by atoms with E-state index in [4.69, 9.17) is 9.84 Å². The Morgan fingerprint density at radius 3 is 2.42 bits per heavy atom. The number of amides is 1. The highest BCUT2D eigenvalue weighted by atomic mass is 16.6. The molecule has 1 heterocycles. The number of carbonyl (C=O) groups excluding carboxylic acids is 1. The second-order valence-electron chi connectivity index (χ2n) is 5.22. The SMILES string of the molecule is Cc1nn(CC(=O)O)c(C)c1NC(=O)OC(C)(C)C. The third-order valence-electron chi connectivity index (χ3n) is 2.29. The summed E-state index contributed by atoms with van der Waals surface area (Å²) >= 11 is 0. The summed E-state index contributed by atoms with van der Waals surface area (Å²) in [6, 6.07) is 0. The van der Waals surface area contributed by atoms with Gasteiger partial charge in [0.15, 0.2) is 0 Å². The number of hydrogen-bond donors (Lipinski definition) is 2. The molecule has 1 aromatic heterocycles. The molecule has 0 spiro atoms. The molecule has 1 rings (SSSR count). The van der Waals surface area contributed by atoms with Crippen LogP contribution in [0.15, 0.2) is 0 Å². The topological polar surface area (TPSA) is 93.5 Å². The van der Waals surface area contributed by atoms with Crippen LogP contribution in [0.1, 0.15) is 32.2 Å². The monoisotopic (exact) mass is 269 g/mol. The minimum absolute atomic E-state index is 0.247. The molecule has 1 amide bonds. The van der Waals surface area contributed by atoms with Crippen LogP contribution in [0.25, 0.3) is 0 Å². The Balaban J connectivity index is 2.87. The predicted molar refractivity (Wildman–Crippen MR) is 69.2 cm³/mol. The van der Waals surface area contributed by atoms with E-state index in [2.05, 4.69) is 10.4 Å². The van der Waals surface area contributed by atoms with Gasteiger partial charge in [0, 0.05) is 0 Å². The third kappa shape index (κ3) is 4.27. The predicted octanol–water partition coefficient (Wildman–Crippen LogP) is 1.93. The summed E-state index contributed by atoms with van der Waals surface area (Å²) in [5.41, 5.74) is 1.01. The van der Waals surface area contributed by atoms with Crippen LogP contribution >= 0.6 is 0 Å². The Hall–Kier alpha value is -2.05. The molecule has 106 valence electrons. The van der Waals surface area contributed by atoms with E-state index in [0.29, 0.717) is 17.1 Å². The van der Waals surface area contributed by atoms with Crippen molar-refractivity contribution in [2.45, 2.75) is 46.8 Å². The van der Waals surface area contributed by atoms with E-state index in [0.717, 1.165) is 0 Å².